The van der Waals surface area contributed by atoms with Gasteiger partial charge in [-0.1, -0.05) is 12.8 Å². The van der Waals surface area contributed by atoms with Crippen molar-refractivity contribution in [3.63, 3.8) is 0 Å². The number of hydrogen-bond acceptors (Lipinski definition) is 3. The number of hydrogen-bond donors (Lipinski definition) is 1. The zero-order valence-electron chi connectivity index (χ0n) is 9.98. The summed E-state index contributed by atoms with van der Waals surface area (Å²) in [6.07, 6.45) is 9.10. The lowest BCUT2D eigenvalue weighted by molar-refractivity contribution is 0.139. The van der Waals surface area contributed by atoms with E-state index >= 15 is 0 Å². The molecule has 1 saturated carbocycles. The van der Waals surface area contributed by atoms with Crippen molar-refractivity contribution < 1.29 is 4.74 Å². The van der Waals surface area contributed by atoms with Crippen molar-refractivity contribution in [3.05, 3.63) is 12.4 Å². The maximum atomic E-state index is 5.36. The Morgan fingerprint density at radius 3 is 3.06 bits per heavy atom. The van der Waals surface area contributed by atoms with Crippen molar-refractivity contribution in [2.24, 2.45) is 0 Å². The Hall–Kier alpha value is -1.03. The molecule has 0 radical (unpaired) electrons. The van der Waals surface area contributed by atoms with E-state index in [1.165, 1.54) is 25.7 Å². The van der Waals surface area contributed by atoms with Crippen LogP contribution >= 0.6 is 0 Å². The fourth-order valence-corrected chi connectivity index (χ4v) is 2.19. The molecule has 1 heterocycles. The molecule has 1 fully saturated rings. The first-order valence-corrected chi connectivity index (χ1v) is 6.25. The maximum Gasteiger partial charge on any atom is 0.203 e. The molecule has 4 heteroatoms. The Kier molecular flexibility index (Phi) is 4.22. The lowest BCUT2D eigenvalue weighted by atomic mass is 10.2. The van der Waals surface area contributed by atoms with E-state index in [-0.39, 0.29) is 0 Å². The molecule has 1 aromatic rings. The molecule has 1 aromatic heterocycles. The highest BCUT2D eigenvalue weighted by Crippen LogP contribution is 2.21. The largest absolute Gasteiger partial charge is 0.380 e. The predicted molar refractivity (Wildman–Crippen MR) is 64.6 cm³/mol. The second-order valence-electron chi connectivity index (χ2n) is 4.27. The second-order valence-corrected chi connectivity index (χ2v) is 4.27. The van der Waals surface area contributed by atoms with Crippen LogP contribution in [0.25, 0.3) is 0 Å². The Bertz CT molecular complexity index is 305. The zero-order chi connectivity index (χ0) is 11.2. The van der Waals surface area contributed by atoms with Crippen LogP contribution < -0.4 is 5.32 Å². The highest BCUT2D eigenvalue weighted by atomic mass is 16.5. The summed E-state index contributed by atoms with van der Waals surface area (Å²) in [5.74, 6) is 0.992. The van der Waals surface area contributed by atoms with Gasteiger partial charge >= 0.3 is 0 Å². The number of anilines is 1. The van der Waals surface area contributed by atoms with Gasteiger partial charge in [-0.05, 0) is 19.8 Å². The standard InChI is InChI=1S/C12H21N3O/c1-2-16-10-9-15-8-7-13-12(15)14-11-5-3-4-6-11/h7-8,11H,2-6,9-10H2,1H3,(H,13,14). The number of nitrogens with zero attached hydrogens (tertiary/aromatic N) is 2. The first-order chi connectivity index (χ1) is 7.90. The van der Waals surface area contributed by atoms with Gasteiger partial charge in [-0.2, -0.15) is 0 Å². The molecule has 0 bridgehead atoms. The number of aromatic nitrogens is 2. The van der Waals surface area contributed by atoms with Gasteiger partial charge in [0.2, 0.25) is 5.95 Å². The molecule has 0 atom stereocenters. The van der Waals surface area contributed by atoms with E-state index < -0.39 is 0 Å². The summed E-state index contributed by atoms with van der Waals surface area (Å²) in [6.45, 7) is 4.43. The smallest absolute Gasteiger partial charge is 0.203 e. The molecule has 1 N–H and O–H groups in total. The van der Waals surface area contributed by atoms with Gasteiger partial charge in [-0.25, -0.2) is 4.98 Å². The summed E-state index contributed by atoms with van der Waals surface area (Å²) in [5.41, 5.74) is 0. The van der Waals surface area contributed by atoms with Crippen molar-refractivity contribution in [2.75, 3.05) is 18.5 Å². The highest BCUT2D eigenvalue weighted by molar-refractivity contribution is 5.27. The van der Waals surface area contributed by atoms with E-state index in [1.54, 1.807) is 0 Å². The van der Waals surface area contributed by atoms with Crippen LogP contribution in [0.2, 0.25) is 0 Å². The first-order valence-electron chi connectivity index (χ1n) is 6.25. The molecular weight excluding hydrogens is 202 g/mol. The van der Waals surface area contributed by atoms with E-state index in [0.717, 1.165) is 25.7 Å². The second kappa shape index (κ2) is 5.89. The number of imidazole rings is 1. The van der Waals surface area contributed by atoms with Crippen LogP contribution in [-0.2, 0) is 11.3 Å². The molecular formula is C12H21N3O. The average Bonchev–Trinajstić information content (AvgIpc) is 2.92. The first kappa shape index (κ1) is 11.5. The third kappa shape index (κ3) is 2.98. The molecule has 0 unspecified atom stereocenters. The van der Waals surface area contributed by atoms with E-state index in [2.05, 4.69) is 14.9 Å². The molecule has 90 valence electrons. The summed E-state index contributed by atoms with van der Waals surface area (Å²) >= 11 is 0. The molecule has 1 aliphatic carbocycles. The van der Waals surface area contributed by atoms with Gasteiger partial charge in [0.15, 0.2) is 0 Å². The van der Waals surface area contributed by atoms with Gasteiger partial charge in [0, 0.05) is 31.6 Å². The molecule has 0 aromatic carbocycles. The van der Waals surface area contributed by atoms with Crippen LogP contribution in [0.5, 0.6) is 0 Å². The summed E-state index contributed by atoms with van der Waals surface area (Å²) in [4.78, 5) is 4.35. The van der Waals surface area contributed by atoms with E-state index in [1.807, 2.05) is 19.3 Å². The van der Waals surface area contributed by atoms with E-state index in [0.29, 0.717) is 6.04 Å². The van der Waals surface area contributed by atoms with Gasteiger partial charge in [-0.15, -0.1) is 0 Å². The van der Waals surface area contributed by atoms with Crippen molar-refractivity contribution in [1.29, 1.82) is 0 Å². The summed E-state index contributed by atoms with van der Waals surface area (Å²) in [7, 11) is 0. The Morgan fingerprint density at radius 2 is 2.31 bits per heavy atom. The SMILES string of the molecule is CCOCCn1ccnc1NC1CCCC1. The van der Waals surface area contributed by atoms with Gasteiger partial charge in [0.25, 0.3) is 0 Å². The molecule has 4 nitrogen and oxygen atoms in total. The zero-order valence-corrected chi connectivity index (χ0v) is 9.98. The maximum absolute atomic E-state index is 5.36. The van der Waals surface area contributed by atoms with Gasteiger partial charge in [0.1, 0.15) is 0 Å². The molecule has 2 rings (SSSR count). The molecule has 0 aliphatic heterocycles. The van der Waals surface area contributed by atoms with Crippen LogP contribution in [0.15, 0.2) is 12.4 Å². The van der Waals surface area contributed by atoms with E-state index in [4.69, 9.17) is 4.74 Å². The normalized spacial score (nSPS) is 16.8. The quantitative estimate of drug-likeness (QED) is 0.752. The molecule has 0 amide bonds. The Labute approximate surface area is 97.0 Å². The number of ether oxygens (including phenoxy) is 1. The molecule has 16 heavy (non-hydrogen) atoms. The van der Waals surface area contributed by atoms with Gasteiger partial charge in [0.05, 0.1) is 6.61 Å². The monoisotopic (exact) mass is 223 g/mol. The van der Waals surface area contributed by atoms with Crippen LogP contribution in [-0.4, -0.2) is 28.8 Å². The summed E-state index contributed by atoms with van der Waals surface area (Å²) in [6, 6.07) is 0.619. The van der Waals surface area contributed by atoms with Crippen molar-refractivity contribution in [1.82, 2.24) is 9.55 Å². The van der Waals surface area contributed by atoms with Crippen LogP contribution in [0.3, 0.4) is 0 Å². The molecule has 0 spiro atoms. The van der Waals surface area contributed by atoms with Crippen molar-refractivity contribution >= 4 is 5.95 Å². The number of rotatable bonds is 6. The average molecular weight is 223 g/mol. The summed E-state index contributed by atoms with van der Waals surface area (Å²) < 4.78 is 7.49. The van der Waals surface area contributed by atoms with E-state index in [9.17, 15) is 0 Å². The van der Waals surface area contributed by atoms with Crippen LogP contribution in [0, 0.1) is 0 Å². The fraction of sp³-hybridized carbons (Fsp3) is 0.750. The lowest BCUT2D eigenvalue weighted by Crippen LogP contribution is -2.19. The fourth-order valence-electron chi connectivity index (χ4n) is 2.19. The lowest BCUT2D eigenvalue weighted by Gasteiger charge is -2.14. The third-order valence-electron chi connectivity index (χ3n) is 3.08. The highest BCUT2D eigenvalue weighted by Gasteiger charge is 2.16. The van der Waals surface area contributed by atoms with Crippen molar-refractivity contribution in [3.8, 4) is 0 Å². The summed E-state index contributed by atoms with van der Waals surface area (Å²) in [5, 5.41) is 3.51. The van der Waals surface area contributed by atoms with Crippen LogP contribution in [0.1, 0.15) is 32.6 Å². The topological polar surface area (TPSA) is 39.1 Å². The molecule has 0 saturated heterocycles. The minimum atomic E-state index is 0.619. The Morgan fingerprint density at radius 1 is 1.50 bits per heavy atom. The third-order valence-corrected chi connectivity index (χ3v) is 3.08. The van der Waals surface area contributed by atoms with Crippen molar-refractivity contribution in [2.45, 2.75) is 45.2 Å². The minimum absolute atomic E-state index is 0.619. The van der Waals surface area contributed by atoms with Crippen LogP contribution in [0.4, 0.5) is 5.95 Å². The van der Waals surface area contributed by atoms with Gasteiger partial charge in [-0.3, -0.25) is 0 Å². The predicted octanol–water partition coefficient (Wildman–Crippen LogP) is 2.27. The number of nitrogens with one attached hydrogen (secondary N) is 1. The minimum Gasteiger partial charge on any atom is -0.380 e. The van der Waals surface area contributed by atoms with Gasteiger partial charge < -0.3 is 14.6 Å². The Balaban J connectivity index is 1.85. The molecule has 1 aliphatic rings.